The molecule has 0 spiro atoms. The highest BCUT2D eigenvalue weighted by atomic mass is 16.2. The summed E-state index contributed by atoms with van der Waals surface area (Å²) in [6, 6.07) is 7.63. The molecule has 1 fully saturated rings. The molecule has 4 heteroatoms. The summed E-state index contributed by atoms with van der Waals surface area (Å²) in [4.78, 5) is 23.3. The number of benzene rings is 1. The number of carbonyl (C=O) groups is 1. The van der Waals surface area contributed by atoms with Crippen molar-refractivity contribution in [2.24, 2.45) is 0 Å². The fourth-order valence-corrected chi connectivity index (χ4v) is 1.85. The molecule has 1 N–H and O–H groups in total. The molecule has 2 rings (SSSR count). The van der Waals surface area contributed by atoms with E-state index >= 15 is 0 Å². The van der Waals surface area contributed by atoms with Gasteiger partial charge in [0.15, 0.2) is 0 Å². The molecule has 4 nitrogen and oxygen atoms in total. The van der Waals surface area contributed by atoms with Gasteiger partial charge < -0.3 is 10.2 Å². The summed E-state index contributed by atoms with van der Waals surface area (Å²) in [6.45, 7) is 1.27. The van der Waals surface area contributed by atoms with E-state index in [1.165, 1.54) is 0 Å². The zero-order valence-electron chi connectivity index (χ0n) is 8.90. The number of hydrogen-bond acceptors (Lipinski definition) is 2. The molecule has 1 aromatic rings. The van der Waals surface area contributed by atoms with E-state index in [1.807, 2.05) is 24.3 Å². The lowest BCUT2D eigenvalue weighted by Crippen LogP contribution is -2.23. The van der Waals surface area contributed by atoms with Gasteiger partial charge in [-0.25, -0.2) is 0 Å². The number of hydrogen-bond donors (Lipinski definition) is 1. The lowest BCUT2D eigenvalue weighted by molar-refractivity contribution is -0.117. The first-order valence-corrected chi connectivity index (χ1v) is 5.30. The maximum atomic E-state index is 11.5. The molecule has 0 aromatic heterocycles. The van der Waals surface area contributed by atoms with Gasteiger partial charge in [0.1, 0.15) is 0 Å². The molecule has 1 aliphatic heterocycles. The van der Waals surface area contributed by atoms with Gasteiger partial charge in [0.2, 0.25) is 5.91 Å². The molecule has 0 atom stereocenters. The van der Waals surface area contributed by atoms with Crippen molar-refractivity contribution in [3.05, 3.63) is 29.8 Å². The lowest BCUT2D eigenvalue weighted by Gasteiger charge is -2.15. The Labute approximate surface area is 94.2 Å². The van der Waals surface area contributed by atoms with E-state index < -0.39 is 0 Å². The van der Waals surface area contributed by atoms with E-state index in [1.54, 1.807) is 11.3 Å². The summed E-state index contributed by atoms with van der Waals surface area (Å²) in [5, 5.41) is 2.48. The summed E-state index contributed by atoms with van der Waals surface area (Å²) < 4.78 is 0. The highest BCUT2D eigenvalue weighted by Crippen LogP contribution is 2.21. The predicted octanol–water partition coefficient (Wildman–Crippen LogP) is 0.970. The molecular weight excluding hydrogens is 204 g/mol. The second kappa shape index (κ2) is 4.79. The van der Waals surface area contributed by atoms with E-state index in [0.717, 1.165) is 24.2 Å². The number of amides is 2. The van der Waals surface area contributed by atoms with Crippen LogP contribution in [0.5, 0.6) is 0 Å². The third kappa shape index (κ3) is 2.21. The molecular formula is C12H13N2O2. The van der Waals surface area contributed by atoms with Crippen molar-refractivity contribution in [2.45, 2.75) is 19.4 Å². The lowest BCUT2D eigenvalue weighted by atomic mass is 10.2. The average Bonchev–Trinajstić information content (AvgIpc) is 2.74. The van der Waals surface area contributed by atoms with Crippen molar-refractivity contribution >= 4 is 18.0 Å². The third-order valence-electron chi connectivity index (χ3n) is 2.69. The molecule has 0 bridgehead atoms. The highest BCUT2D eigenvalue weighted by molar-refractivity contribution is 5.95. The molecule has 1 saturated heterocycles. The van der Waals surface area contributed by atoms with Crippen LogP contribution >= 0.6 is 0 Å². The number of nitrogens with one attached hydrogen (secondary N) is 1. The topological polar surface area (TPSA) is 49.4 Å². The first kappa shape index (κ1) is 10.7. The van der Waals surface area contributed by atoms with Gasteiger partial charge in [0, 0.05) is 25.2 Å². The zero-order valence-corrected chi connectivity index (χ0v) is 8.90. The third-order valence-corrected chi connectivity index (χ3v) is 2.69. The highest BCUT2D eigenvalue weighted by Gasteiger charge is 2.21. The van der Waals surface area contributed by atoms with E-state index in [2.05, 4.69) is 5.32 Å². The average molecular weight is 217 g/mol. The largest absolute Gasteiger partial charge is 0.344 e. The van der Waals surface area contributed by atoms with Crippen LogP contribution in [-0.4, -0.2) is 18.9 Å². The van der Waals surface area contributed by atoms with Gasteiger partial charge >= 0.3 is 6.41 Å². The van der Waals surface area contributed by atoms with Crippen molar-refractivity contribution in [1.29, 1.82) is 0 Å². The van der Waals surface area contributed by atoms with E-state index in [4.69, 9.17) is 0 Å². The second-order valence-corrected chi connectivity index (χ2v) is 3.77. The van der Waals surface area contributed by atoms with Crippen LogP contribution in [0.25, 0.3) is 0 Å². The fourth-order valence-electron chi connectivity index (χ4n) is 1.85. The molecule has 2 amide bonds. The number of rotatable bonds is 4. The molecule has 1 heterocycles. The van der Waals surface area contributed by atoms with Crippen molar-refractivity contribution in [1.82, 2.24) is 5.32 Å². The minimum absolute atomic E-state index is 0.187. The normalized spacial score (nSPS) is 15.2. The molecule has 0 saturated carbocycles. The van der Waals surface area contributed by atoms with Crippen LogP contribution in [0.4, 0.5) is 5.69 Å². The van der Waals surface area contributed by atoms with Crippen LogP contribution in [0.3, 0.4) is 0 Å². The van der Waals surface area contributed by atoms with Crippen LogP contribution < -0.4 is 10.2 Å². The number of carbonyl (C=O) groups excluding carboxylic acids is 2. The maximum Gasteiger partial charge on any atom is 0.309 e. The molecule has 0 aliphatic carbocycles. The maximum absolute atomic E-state index is 11.5. The van der Waals surface area contributed by atoms with Crippen LogP contribution in [0, 0.1) is 0 Å². The minimum atomic E-state index is 0.187. The van der Waals surface area contributed by atoms with Gasteiger partial charge in [-0.3, -0.25) is 9.59 Å². The van der Waals surface area contributed by atoms with Gasteiger partial charge in [-0.1, -0.05) is 12.1 Å². The van der Waals surface area contributed by atoms with Crippen molar-refractivity contribution in [3.8, 4) is 0 Å². The Balaban J connectivity index is 2.06. The number of nitrogens with zero attached hydrogens (tertiary/aromatic N) is 1. The van der Waals surface area contributed by atoms with Crippen molar-refractivity contribution in [2.75, 3.05) is 11.4 Å². The van der Waals surface area contributed by atoms with E-state index in [9.17, 15) is 9.59 Å². The zero-order chi connectivity index (χ0) is 11.4. The monoisotopic (exact) mass is 217 g/mol. The van der Waals surface area contributed by atoms with Crippen LogP contribution in [0.15, 0.2) is 24.3 Å². The van der Waals surface area contributed by atoms with Crippen molar-refractivity contribution < 1.29 is 9.59 Å². The van der Waals surface area contributed by atoms with Gasteiger partial charge in [0.25, 0.3) is 0 Å². The summed E-state index contributed by atoms with van der Waals surface area (Å²) in [5.74, 6) is 0.187. The Kier molecular flexibility index (Phi) is 3.19. The summed E-state index contributed by atoms with van der Waals surface area (Å²) >= 11 is 0. The SMILES string of the molecule is O=[C]NCc1ccc(N2CCCC2=O)cc1. The summed E-state index contributed by atoms with van der Waals surface area (Å²) in [7, 11) is 0. The second-order valence-electron chi connectivity index (χ2n) is 3.77. The van der Waals surface area contributed by atoms with Crippen molar-refractivity contribution in [3.63, 3.8) is 0 Å². The van der Waals surface area contributed by atoms with Crippen LogP contribution in [0.1, 0.15) is 18.4 Å². The van der Waals surface area contributed by atoms with E-state index in [-0.39, 0.29) is 5.91 Å². The summed E-state index contributed by atoms with van der Waals surface area (Å²) in [5.41, 5.74) is 1.93. The molecule has 0 unspecified atom stereocenters. The van der Waals surface area contributed by atoms with Gasteiger partial charge in [0.05, 0.1) is 0 Å². The molecule has 1 aliphatic rings. The Hall–Kier alpha value is -1.84. The Morgan fingerprint density at radius 2 is 2.06 bits per heavy atom. The standard InChI is InChI=1S/C12H13N2O2/c15-9-13-8-10-3-5-11(6-4-10)14-7-1-2-12(14)16/h3-6H,1-2,7-8H2,(H,13,15). The molecule has 1 aromatic carbocycles. The van der Waals surface area contributed by atoms with Crippen LogP contribution in [0.2, 0.25) is 0 Å². The summed E-state index contributed by atoms with van der Waals surface area (Å²) in [6.07, 6.45) is 3.20. The number of anilines is 1. The Bertz CT molecular complexity index is 387. The smallest absolute Gasteiger partial charge is 0.309 e. The Morgan fingerprint density at radius 3 is 2.62 bits per heavy atom. The van der Waals surface area contributed by atoms with Gasteiger partial charge in [-0.15, -0.1) is 0 Å². The molecule has 16 heavy (non-hydrogen) atoms. The van der Waals surface area contributed by atoms with Crippen LogP contribution in [-0.2, 0) is 16.1 Å². The minimum Gasteiger partial charge on any atom is -0.344 e. The van der Waals surface area contributed by atoms with Gasteiger partial charge in [-0.2, -0.15) is 0 Å². The molecule has 1 radical (unpaired) electrons. The Morgan fingerprint density at radius 1 is 1.31 bits per heavy atom. The van der Waals surface area contributed by atoms with Gasteiger partial charge in [-0.05, 0) is 24.1 Å². The molecule has 83 valence electrons. The first-order valence-electron chi connectivity index (χ1n) is 5.30. The quantitative estimate of drug-likeness (QED) is 0.764. The van der Waals surface area contributed by atoms with E-state index in [0.29, 0.717) is 13.0 Å². The first-order chi connectivity index (χ1) is 7.81. The predicted molar refractivity (Wildman–Crippen MR) is 60.6 cm³/mol. The fraction of sp³-hybridized carbons (Fsp3) is 0.333.